The van der Waals surface area contributed by atoms with E-state index in [0.29, 0.717) is 20.9 Å². The van der Waals surface area contributed by atoms with E-state index in [4.69, 9.17) is 11.6 Å². The maximum absolute atomic E-state index is 14.0. The quantitative estimate of drug-likeness (QED) is 0.370. The molecule has 2 N–H and O–H groups in total. The predicted molar refractivity (Wildman–Crippen MR) is 131 cm³/mol. The second kappa shape index (κ2) is 8.86. The van der Waals surface area contributed by atoms with Crippen LogP contribution in [0.25, 0.3) is 5.69 Å². The van der Waals surface area contributed by atoms with Gasteiger partial charge in [-0.25, -0.2) is 9.36 Å². The van der Waals surface area contributed by atoms with Gasteiger partial charge in [0.05, 0.1) is 17.4 Å². The van der Waals surface area contributed by atoms with Gasteiger partial charge in [0.25, 0.3) is 11.5 Å². The van der Waals surface area contributed by atoms with Gasteiger partial charge in [-0.3, -0.25) is 14.3 Å². The van der Waals surface area contributed by atoms with Crippen LogP contribution in [0.3, 0.4) is 0 Å². The lowest BCUT2D eigenvalue weighted by Gasteiger charge is -2.32. The molecule has 1 aromatic carbocycles. The van der Waals surface area contributed by atoms with Crippen LogP contribution in [0.1, 0.15) is 39.6 Å². The summed E-state index contributed by atoms with van der Waals surface area (Å²) in [6, 6.07) is 9.68. The number of thiophene rings is 1. The van der Waals surface area contributed by atoms with Crippen LogP contribution in [0.5, 0.6) is 0 Å². The Labute approximate surface area is 211 Å². The first-order valence-corrected chi connectivity index (χ1v) is 12.1. The summed E-state index contributed by atoms with van der Waals surface area (Å²) in [5.41, 5.74) is 0.0975. The number of para-hydroxylation sites is 1. The fourth-order valence-corrected chi connectivity index (χ4v) is 5.35. The number of carbonyl (C=O) groups is 1. The summed E-state index contributed by atoms with van der Waals surface area (Å²) in [6.07, 6.45) is -4.93. The van der Waals surface area contributed by atoms with Gasteiger partial charge in [-0.1, -0.05) is 35.9 Å². The standard InChI is InChI=1S/C23H20ClF3N6O2S/c1-12-18(22(35)33(31(12)2)13-7-4-3-5-8-13)29-21(34)19-17(24)20-28-14(15-9-6-10-36-15)11-16(23(25,26)27)32(20)30-19/h3-10,14,16,28H,11H2,1-2H3,(H,29,34)/t14-,16-/m0/s1. The minimum atomic E-state index is -4.62. The molecule has 0 bridgehead atoms. The van der Waals surface area contributed by atoms with E-state index in [1.54, 1.807) is 66.5 Å². The van der Waals surface area contributed by atoms with Crippen LogP contribution in [0.2, 0.25) is 5.02 Å². The summed E-state index contributed by atoms with van der Waals surface area (Å²) in [6.45, 7) is 1.64. The van der Waals surface area contributed by atoms with Gasteiger partial charge in [0.2, 0.25) is 0 Å². The highest BCUT2D eigenvalue weighted by Crippen LogP contribution is 2.46. The second-order valence-electron chi connectivity index (χ2n) is 8.35. The van der Waals surface area contributed by atoms with Gasteiger partial charge in [-0.2, -0.15) is 18.3 Å². The number of anilines is 2. The number of amides is 1. The lowest BCUT2D eigenvalue weighted by Crippen LogP contribution is -2.35. The number of rotatable bonds is 4. The number of benzene rings is 1. The number of aromatic nitrogens is 4. The van der Waals surface area contributed by atoms with Crippen LogP contribution in [0, 0.1) is 6.92 Å². The number of alkyl halides is 3. The molecule has 1 aliphatic heterocycles. The van der Waals surface area contributed by atoms with Gasteiger partial charge >= 0.3 is 6.18 Å². The van der Waals surface area contributed by atoms with Crippen molar-refractivity contribution >= 4 is 40.4 Å². The zero-order valence-electron chi connectivity index (χ0n) is 19.0. The molecule has 8 nitrogen and oxygen atoms in total. The summed E-state index contributed by atoms with van der Waals surface area (Å²) in [5, 5.41) is 11.0. The zero-order valence-corrected chi connectivity index (χ0v) is 20.6. The van der Waals surface area contributed by atoms with E-state index in [0.717, 1.165) is 0 Å². The van der Waals surface area contributed by atoms with Crippen molar-refractivity contribution in [3.05, 3.63) is 79.5 Å². The van der Waals surface area contributed by atoms with E-state index in [1.807, 2.05) is 0 Å². The molecule has 2 atom stereocenters. The molecule has 1 amide bonds. The van der Waals surface area contributed by atoms with Gasteiger partial charge in [-0.15, -0.1) is 11.3 Å². The van der Waals surface area contributed by atoms with E-state index >= 15 is 0 Å². The molecule has 0 spiro atoms. The van der Waals surface area contributed by atoms with Gasteiger partial charge in [0.15, 0.2) is 11.7 Å². The Kier molecular flexibility index (Phi) is 5.95. The van der Waals surface area contributed by atoms with Gasteiger partial charge in [0.1, 0.15) is 16.5 Å². The summed E-state index contributed by atoms with van der Waals surface area (Å²) < 4.78 is 45.5. The monoisotopic (exact) mass is 536 g/mol. The van der Waals surface area contributed by atoms with Crippen LogP contribution in [0.4, 0.5) is 24.7 Å². The largest absolute Gasteiger partial charge is 0.410 e. The smallest absolute Gasteiger partial charge is 0.361 e. The molecular weight excluding hydrogens is 517 g/mol. The molecule has 0 aliphatic carbocycles. The van der Waals surface area contributed by atoms with Crippen LogP contribution in [-0.4, -0.2) is 31.2 Å². The third-order valence-electron chi connectivity index (χ3n) is 6.19. The number of nitrogens with zero attached hydrogens (tertiary/aromatic N) is 4. The molecule has 4 heterocycles. The van der Waals surface area contributed by atoms with Crippen molar-refractivity contribution in [3.63, 3.8) is 0 Å². The normalized spacial score (nSPS) is 17.5. The minimum Gasteiger partial charge on any atom is -0.361 e. The van der Waals surface area contributed by atoms with Crippen molar-refractivity contribution in [1.29, 1.82) is 0 Å². The van der Waals surface area contributed by atoms with Crippen LogP contribution in [0.15, 0.2) is 52.6 Å². The lowest BCUT2D eigenvalue weighted by atomic mass is 10.0. The maximum atomic E-state index is 14.0. The number of fused-ring (bicyclic) bond motifs is 1. The highest BCUT2D eigenvalue weighted by molar-refractivity contribution is 7.10. The third kappa shape index (κ3) is 3.99. The van der Waals surface area contributed by atoms with E-state index in [9.17, 15) is 22.8 Å². The number of hydrogen-bond acceptors (Lipinski definition) is 5. The van der Waals surface area contributed by atoms with E-state index in [2.05, 4.69) is 15.7 Å². The van der Waals surface area contributed by atoms with Crippen molar-refractivity contribution in [3.8, 4) is 5.69 Å². The van der Waals surface area contributed by atoms with E-state index < -0.39 is 35.4 Å². The zero-order chi connectivity index (χ0) is 25.8. The highest BCUT2D eigenvalue weighted by atomic mass is 35.5. The molecule has 0 fully saturated rings. The van der Waals surface area contributed by atoms with Crippen molar-refractivity contribution in [1.82, 2.24) is 19.1 Å². The fraction of sp³-hybridized carbons (Fsp3) is 0.261. The van der Waals surface area contributed by atoms with Gasteiger partial charge < -0.3 is 10.6 Å². The Morgan fingerprint density at radius 2 is 1.94 bits per heavy atom. The molecule has 188 valence electrons. The van der Waals surface area contributed by atoms with Crippen LogP contribution in [-0.2, 0) is 7.05 Å². The van der Waals surface area contributed by atoms with E-state index in [1.165, 1.54) is 16.0 Å². The molecule has 0 unspecified atom stereocenters. The minimum absolute atomic E-state index is 0.0230. The Hall–Kier alpha value is -3.51. The SMILES string of the molecule is Cc1c(NC(=O)c2nn3c(c2Cl)N[C@H](c2cccs2)C[C@H]3C(F)(F)F)c(=O)n(-c2ccccc2)n1C. The highest BCUT2D eigenvalue weighted by Gasteiger charge is 2.48. The number of hydrogen-bond donors (Lipinski definition) is 2. The third-order valence-corrected chi connectivity index (χ3v) is 7.53. The van der Waals surface area contributed by atoms with Crippen molar-refractivity contribution in [2.75, 3.05) is 10.6 Å². The first-order valence-electron chi connectivity index (χ1n) is 10.9. The number of halogens is 4. The summed E-state index contributed by atoms with van der Waals surface area (Å²) >= 11 is 7.72. The maximum Gasteiger partial charge on any atom is 0.410 e. The Balaban J connectivity index is 1.52. The predicted octanol–water partition coefficient (Wildman–Crippen LogP) is 5.31. The molecule has 4 aromatic rings. The molecule has 13 heteroatoms. The molecule has 36 heavy (non-hydrogen) atoms. The summed E-state index contributed by atoms with van der Waals surface area (Å²) in [5.74, 6) is -0.983. The van der Waals surface area contributed by atoms with Gasteiger partial charge in [-0.05, 0) is 30.5 Å². The Bertz CT molecular complexity index is 1490. The first kappa shape index (κ1) is 24.2. The fourth-order valence-electron chi connectivity index (χ4n) is 4.30. The topological polar surface area (TPSA) is 85.9 Å². The molecular formula is C23H20ClF3N6O2S. The second-order valence-corrected chi connectivity index (χ2v) is 9.71. The average molecular weight is 537 g/mol. The Morgan fingerprint density at radius 3 is 2.58 bits per heavy atom. The van der Waals surface area contributed by atoms with Crippen molar-refractivity contribution < 1.29 is 18.0 Å². The molecule has 0 saturated carbocycles. The lowest BCUT2D eigenvalue weighted by molar-refractivity contribution is -0.173. The number of carbonyl (C=O) groups excluding carboxylic acids is 1. The number of nitrogens with one attached hydrogen (secondary N) is 2. The Morgan fingerprint density at radius 1 is 1.22 bits per heavy atom. The van der Waals surface area contributed by atoms with Crippen molar-refractivity contribution in [2.24, 2.45) is 7.05 Å². The molecule has 3 aromatic heterocycles. The van der Waals surface area contributed by atoms with Crippen LogP contribution < -0.4 is 16.2 Å². The average Bonchev–Trinajstić information content (AvgIpc) is 3.54. The molecule has 5 rings (SSSR count). The van der Waals surface area contributed by atoms with Crippen LogP contribution >= 0.6 is 22.9 Å². The van der Waals surface area contributed by atoms with E-state index in [-0.39, 0.29) is 22.9 Å². The summed E-state index contributed by atoms with van der Waals surface area (Å²) in [7, 11) is 1.66. The van der Waals surface area contributed by atoms with Gasteiger partial charge in [0, 0.05) is 18.3 Å². The molecule has 0 saturated heterocycles. The first-order chi connectivity index (χ1) is 17.1. The summed E-state index contributed by atoms with van der Waals surface area (Å²) in [4.78, 5) is 27.0. The molecule has 0 radical (unpaired) electrons. The molecule has 1 aliphatic rings. The van der Waals surface area contributed by atoms with Crippen molar-refractivity contribution in [2.45, 2.75) is 31.6 Å².